The molecule has 2 unspecified atom stereocenters. The molecular weight excluding hydrogens is 336 g/mol. The van der Waals surface area contributed by atoms with Gasteiger partial charge in [0, 0.05) is 20.0 Å². The van der Waals surface area contributed by atoms with E-state index in [2.05, 4.69) is 22.1 Å². The normalized spacial score (nSPS) is 21.0. The van der Waals surface area contributed by atoms with Crippen LogP contribution in [-0.4, -0.2) is 52.4 Å². The van der Waals surface area contributed by atoms with Crippen molar-refractivity contribution in [3.63, 3.8) is 0 Å². The van der Waals surface area contributed by atoms with Gasteiger partial charge in [-0.05, 0) is 19.3 Å². The van der Waals surface area contributed by atoms with Crippen LogP contribution in [0.4, 0.5) is 0 Å². The molecule has 0 saturated carbocycles. The minimum Gasteiger partial charge on any atom is -0.352 e. The topological polar surface area (TPSA) is 94.0 Å². The molecule has 0 radical (unpaired) electrons. The number of aromatic nitrogens is 3. The third-order valence-corrected chi connectivity index (χ3v) is 6.77. The molecule has 1 amide bonds. The standard InChI is InChI=1S/C14H22N4O3S2/c1-4-6-15-13(19)10(2)22-14-17-16-12(18(14)3)8-11-5-7-23(20,21)9-11/h4,10-11H,1,5-9H2,2-3H3,(H,15,19). The van der Waals surface area contributed by atoms with Crippen molar-refractivity contribution in [1.29, 1.82) is 0 Å². The van der Waals surface area contributed by atoms with Gasteiger partial charge in [0.2, 0.25) is 5.91 Å². The first kappa shape index (κ1) is 18.0. The van der Waals surface area contributed by atoms with E-state index in [0.717, 1.165) is 5.82 Å². The molecular formula is C14H22N4O3S2. The van der Waals surface area contributed by atoms with Gasteiger partial charge >= 0.3 is 0 Å². The molecule has 2 heterocycles. The van der Waals surface area contributed by atoms with Crippen LogP contribution in [0.15, 0.2) is 17.8 Å². The van der Waals surface area contributed by atoms with Crippen LogP contribution in [0.1, 0.15) is 19.2 Å². The molecule has 1 saturated heterocycles. The molecule has 7 nitrogen and oxygen atoms in total. The third-order valence-electron chi connectivity index (χ3n) is 3.80. The lowest BCUT2D eigenvalue weighted by Crippen LogP contribution is -2.31. The number of rotatable bonds is 7. The monoisotopic (exact) mass is 358 g/mol. The van der Waals surface area contributed by atoms with E-state index in [1.54, 1.807) is 13.0 Å². The van der Waals surface area contributed by atoms with Crippen molar-refractivity contribution in [2.75, 3.05) is 18.1 Å². The van der Waals surface area contributed by atoms with E-state index in [4.69, 9.17) is 0 Å². The number of sulfone groups is 1. The fourth-order valence-corrected chi connectivity index (χ4v) is 5.16. The highest BCUT2D eigenvalue weighted by Crippen LogP contribution is 2.25. The largest absolute Gasteiger partial charge is 0.352 e. The Bertz CT molecular complexity index is 684. The molecule has 1 aromatic heterocycles. The van der Waals surface area contributed by atoms with Crippen LogP contribution in [0.3, 0.4) is 0 Å². The molecule has 0 aliphatic carbocycles. The molecule has 128 valence electrons. The van der Waals surface area contributed by atoms with Crippen LogP contribution in [0.2, 0.25) is 0 Å². The van der Waals surface area contributed by atoms with E-state index in [0.29, 0.717) is 24.5 Å². The quantitative estimate of drug-likeness (QED) is 0.566. The summed E-state index contributed by atoms with van der Waals surface area (Å²) in [5.41, 5.74) is 0. The van der Waals surface area contributed by atoms with Crippen molar-refractivity contribution >= 4 is 27.5 Å². The van der Waals surface area contributed by atoms with Crippen LogP contribution < -0.4 is 5.32 Å². The Morgan fingerprint density at radius 2 is 2.30 bits per heavy atom. The first-order valence-electron chi connectivity index (χ1n) is 7.46. The van der Waals surface area contributed by atoms with Crippen LogP contribution in [0.25, 0.3) is 0 Å². The fourth-order valence-electron chi connectivity index (χ4n) is 2.44. The lowest BCUT2D eigenvalue weighted by Gasteiger charge is -2.11. The average Bonchev–Trinajstić information content (AvgIpc) is 3.01. The van der Waals surface area contributed by atoms with Gasteiger partial charge in [-0.1, -0.05) is 17.8 Å². The Morgan fingerprint density at radius 1 is 1.57 bits per heavy atom. The lowest BCUT2D eigenvalue weighted by atomic mass is 10.1. The molecule has 9 heteroatoms. The van der Waals surface area contributed by atoms with E-state index < -0.39 is 9.84 Å². The zero-order valence-corrected chi connectivity index (χ0v) is 15.0. The van der Waals surface area contributed by atoms with Crippen LogP contribution >= 0.6 is 11.8 Å². The highest BCUT2D eigenvalue weighted by molar-refractivity contribution is 8.00. The average molecular weight is 358 g/mol. The maximum atomic E-state index is 11.9. The van der Waals surface area contributed by atoms with E-state index in [1.165, 1.54) is 11.8 Å². The molecule has 1 N–H and O–H groups in total. The molecule has 0 bridgehead atoms. The number of nitrogens with one attached hydrogen (secondary N) is 1. The smallest absolute Gasteiger partial charge is 0.233 e. The maximum Gasteiger partial charge on any atom is 0.233 e. The number of hydrogen-bond acceptors (Lipinski definition) is 6. The summed E-state index contributed by atoms with van der Waals surface area (Å²) < 4.78 is 24.9. The third kappa shape index (κ3) is 4.81. The Labute approximate surface area is 140 Å². The summed E-state index contributed by atoms with van der Waals surface area (Å²) in [4.78, 5) is 11.9. The maximum absolute atomic E-state index is 11.9. The van der Waals surface area contributed by atoms with Gasteiger partial charge < -0.3 is 9.88 Å². The first-order chi connectivity index (χ1) is 10.8. The summed E-state index contributed by atoms with van der Waals surface area (Å²) in [5.74, 6) is 1.27. The predicted octanol–water partition coefficient (Wildman–Crippen LogP) is 0.575. The molecule has 23 heavy (non-hydrogen) atoms. The van der Waals surface area contributed by atoms with Gasteiger partial charge in [0.15, 0.2) is 15.0 Å². The summed E-state index contributed by atoms with van der Waals surface area (Å²) in [5, 5.41) is 11.4. The lowest BCUT2D eigenvalue weighted by molar-refractivity contribution is -0.120. The fraction of sp³-hybridized carbons (Fsp3) is 0.643. The molecule has 1 aromatic rings. The van der Waals surface area contributed by atoms with Gasteiger partial charge in [-0.15, -0.1) is 16.8 Å². The molecule has 0 aromatic carbocycles. The molecule has 1 aliphatic rings. The summed E-state index contributed by atoms with van der Waals surface area (Å²) in [6.07, 6.45) is 2.91. The van der Waals surface area contributed by atoms with Gasteiger partial charge in [0.25, 0.3) is 0 Å². The molecule has 2 atom stereocenters. The van der Waals surface area contributed by atoms with Crippen molar-refractivity contribution in [1.82, 2.24) is 20.1 Å². The second-order valence-electron chi connectivity index (χ2n) is 5.72. The van der Waals surface area contributed by atoms with Crippen LogP contribution in [0, 0.1) is 5.92 Å². The number of nitrogens with zero attached hydrogens (tertiary/aromatic N) is 3. The zero-order valence-electron chi connectivity index (χ0n) is 13.4. The van der Waals surface area contributed by atoms with Crippen molar-refractivity contribution in [2.24, 2.45) is 13.0 Å². The predicted molar refractivity (Wildman–Crippen MR) is 90.0 cm³/mol. The number of carbonyl (C=O) groups excluding carboxylic acids is 1. The van der Waals surface area contributed by atoms with Gasteiger partial charge in [-0.2, -0.15) is 0 Å². The summed E-state index contributed by atoms with van der Waals surface area (Å²) in [6, 6.07) is 0. The summed E-state index contributed by atoms with van der Waals surface area (Å²) in [7, 11) is -1.04. The van der Waals surface area contributed by atoms with Crippen LogP contribution in [-0.2, 0) is 28.1 Å². The van der Waals surface area contributed by atoms with Crippen molar-refractivity contribution in [2.45, 2.75) is 30.2 Å². The summed E-state index contributed by atoms with van der Waals surface area (Å²) in [6.45, 7) is 5.80. The van der Waals surface area contributed by atoms with Crippen molar-refractivity contribution in [3.8, 4) is 0 Å². The van der Waals surface area contributed by atoms with Gasteiger partial charge in [-0.3, -0.25) is 4.79 Å². The van der Waals surface area contributed by atoms with E-state index in [-0.39, 0.29) is 28.6 Å². The number of amides is 1. The Balaban J connectivity index is 1.96. The number of hydrogen-bond donors (Lipinski definition) is 1. The van der Waals surface area contributed by atoms with E-state index in [9.17, 15) is 13.2 Å². The highest BCUT2D eigenvalue weighted by Gasteiger charge is 2.29. The number of thioether (sulfide) groups is 1. The zero-order chi connectivity index (χ0) is 17.0. The minimum atomic E-state index is -2.88. The Morgan fingerprint density at radius 3 is 2.91 bits per heavy atom. The van der Waals surface area contributed by atoms with E-state index in [1.807, 2.05) is 11.6 Å². The Kier molecular flexibility index (Phi) is 5.85. The van der Waals surface area contributed by atoms with E-state index >= 15 is 0 Å². The second kappa shape index (κ2) is 7.48. The van der Waals surface area contributed by atoms with Crippen molar-refractivity contribution in [3.05, 3.63) is 18.5 Å². The van der Waals surface area contributed by atoms with Crippen molar-refractivity contribution < 1.29 is 13.2 Å². The number of carbonyl (C=O) groups is 1. The second-order valence-corrected chi connectivity index (χ2v) is 9.26. The minimum absolute atomic E-state index is 0.0821. The SMILES string of the molecule is C=CCNC(=O)C(C)Sc1nnc(CC2CCS(=O)(=O)C2)n1C. The Hall–Kier alpha value is -1.35. The van der Waals surface area contributed by atoms with Gasteiger partial charge in [0.05, 0.1) is 16.8 Å². The molecule has 1 aliphatic heterocycles. The molecule has 2 rings (SSSR count). The van der Waals surface area contributed by atoms with Gasteiger partial charge in [-0.25, -0.2) is 8.42 Å². The van der Waals surface area contributed by atoms with Gasteiger partial charge in [0.1, 0.15) is 5.82 Å². The van der Waals surface area contributed by atoms with Crippen LogP contribution in [0.5, 0.6) is 0 Å². The highest BCUT2D eigenvalue weighted by atomic mass is 32.2. The summed E-state index contributed by atoms with van der Waals surface area (Å²) >= 11 is 1.33. The molecule has 1 fully saturated rings. The first-order valence-corrected chi connectivity index (χ1v) is 10.2. The molecule has 0 spiro atoms.